The zero-order chi connectivity index (χ0) is 16.5. The van der Waals surface area contributed by atoms with Gasteiger partial charge in [0, 0.05) is 28.9 Å². The quantitative estimate of drug-likeness (QED) is 0.505. The molecule has 0 amide bonds. The van der Waals surface area contributed by atoms with E-state index >= 15 is 0 Å². The van der Waals surface area contributed by atoms with Crippen LogP contribution < -0.4 is 0 Å². The maximum absolute atomic E-state index is 4.62. The molecular formula is C20H26N2. The van der Waals surface area contributed by atoms with Crippen molar-refractivity contribution in [2.75, 3.05) is 0 Å². The predicted molar refractivity (Wildman–Crippen MR) is 98.2 cm³/mol. The molecule has 116 valence electrons. The first-order valence-electron chi connectivity index (χ1n) is 7.69. The fourth-order valence-electron chi connectivity index (χ4n) is 2.10. The van der Waals surface area contributed by atoms with Gasteiger partial charge in [0.1, 0.15) is 0 Å². The molecule has 22 heavy (non-hydrogen) atoms. The minimum Gasteiger partial charge on any atom is -0.262 e. The second kappa shape index (κ2) is 8.93. The molecule has 0 unspecified atom stereocenters. The van der Waals surface area contributed by atoms with Crippen LogP contribution in [0.5, 0.6) is 0 Å². The van der Waals surface area contributed by atoms with Crippen molar-refractivity contribution in [1.29, 1.82) is 0 Å². The van der Waals surface area contributed by atoms with Crippen molar-refractivity contribution in [2.24, 2.45) is 4.99 Å². The van der Waals surface area contributed by atoms with Crippen molar-refractivity contribution in [3.63, 3.8) is 0 Å². The van der Waals surface area contributed by atoms with Crippen LogP contribution in [0.25, 0.3) is 5.57 Å². The van der Waals surface area contributed by atoms with Crippen LogP contribution in [0.15, 0.2) is 59.8 Å². The Balaban J connectivity index is 3.01. The summed E-state index contributed by atoms with van der Waals surface area (Å²) in [4.78, 5) is 8.92. The average molecular weight is 294 g/mol. The number of allylic oxidation sites excluding steroid dienone is 6. The van der Waals surface area contributed by atoms with Crippen LogP contribution in [0, 0.1) is 6.92 Å². The Hall–Kier alpha value is -2.22. The molecule has 2 nitrogen and oxygen atoms in total. The van der Waals surface area contributed by atoms with E-state index in [0.717, 1.165) is 40.2 Å². The fourth-order valence-corrected chi connectivity index (χ4v) is 2.10. The molecule has 1 aromatic rings. The number of rotatable bonds is 6. The molecule has 0 aliphatic rings. The van der Waals surface area contributed by atoms with E-state index in [1.165, 1.54) is 0 Å². The topological polar surface area (TPSA) is 25.2 Å². The SMILES string of the molecule is C=C(C(/C=C\C(C)=N/C=C\C)=C/C)c1ccc(CC)nc1C. The molecule has 0 aliphatic heterocycles. The van der Waals surface area contributed by atoms with Crippen molar-refractivity contribution >= 4 is 11.3 Å². The van der Waals surface area contributed by atoms with Gasteiger partial charge >= 0.3 is 0 Å². The summed E-state index contributed by atoms with van der Waals surface area (Å²) in [5.74, 6) is 0. The molecule has 1 heterocycles. The number of aryl methyl sites for hydroxylation is 2. The molecule has 0 aliphatic carbocycles. The lowest BCUT2D eigenvalue weighted by atomic mass is 9.97. The van der Waals surface area contributed by atoms with Crippen LogP contribution >= 0.6 is 0 Å². The van der Waals surface area contributed by atoms with Crippen molar-refractivity contribution < 1.29 is 0 Å². The van der Waals surface area contributed by atoms with Crippen LogP contribution in [0.1, 0.15) is 44.6 Å². The Bertz CT molecular complexity index is 644. The van der Waals surface area contributed by atoms with Crippen molar-refractivity contribution in [3.8, 4) is 0 Å². The van der Waals surface area contributed by atoms with Gasteiger partial charge in [-0.1, -0.05) is 37.8 Å². The smallest absolute Gasteiger partial charge is 0.0454 e. The number of pyridine rings is 1. The Morgan fingerprint density at radius 3 is 2.55 bits per heavy atom. The van der Waals surface area contributed by atoms with E-state index in [-0.39, 0.29) is 0 Å². The normalized spacial score (nSPS) is 13.3. The molecule has 2 heteroatoms. The summed E-state index contributed by atoms with van der Waals surface area (Å²) in [7, 11) is 0. The molecule has 0 atom stereocenters. The lowest BCUT2D eigenvalue weighted by Gasteiger charge is -2.11. The molecule has 0 saturated carbocycles. The molecule has 1 aromatic heterocycles. The second-order valence-electron chi connectivity index (χ2n) is 5.10. The first kappa shape index (κ1) is 17.8. The average Bonchev–Trinajstić information content (AvgIpc) is 2.52. The van der Waals surface area contributed by atoms with Crippen molar-refractivity contribution in [1.82, 2.24) is 4.98 Å². The first-order valence-corrected chi connectivity index (χ1v) is 7.69. The van der Waals surface area contributed by atoms with E-state index in [1.54, 1.807) is 6.20 Å². The van der Waals surface area contributed by atoms with Crippen molar-refractivity contribution in [2.45, 2.75) is 41.0 Å². The van der Waals surface area contributed by atoms with E-state index < -0.39 is 0 Å². The Morgan fingerprint density at radius 1 is 1.27 bits per heavy atom. The molecule has 0 fully saturated rings. The van der Waals surface area contributed by atoms with Gasteiger partial charge in [0.15, 0.2) is 0 Å². The van der Waals surface area contributed by atoms with Gasteiger partial charge < -0.3 is 0 Å². The Labute approximate surface area is 134 Å². The van der Waals surface area contributed by atoms with Crippen LogP contribution in [-0.2, 0) is 6.42 Å². The van der Waals surface area contributed by atoms with Gasteiger partial charge in [-0.25, -0.2) is 0 Å². The third kappa shape index (κ3) is 4.96. The molecule has 0 spiro atoms. The third-order valence-electron chi connectivity index (χ3n) is 3.42. The lowest BCUT2D eigenvalue weighted by molar-refractivity contribution is 1.00. The zero-order valence-corrected chi connectivity index (χ0v) is 14.4. The molecular weight excluding hydrogens is 268 g/mol. The standard InChI is InChI=1S/C20H26N2/c1-7-14-21-15(4)10-11-18(8-2)16(5)20-13-12-19(9-3)22-17(20)6/h7-8,10-14H,5,9H2,1-4,6H3/b11-10-,14-7-,18-8+,21-15-. The van der Waals surface area contributed by atoms with Gasteiger partial charge in [-0.2, -0.15) is 0 Å². The largest absolute Gasteiger partial charge is 0.262 e. The van der Waals surface area contributed by atoms with E-state index in [0.29, 0.717) is 0 Å². The molecule has 0 N–H and O–H groups in total. The number of aromatic nitrogens is 1. The molecule has 0 aromatic carbocycles. The summed E-state index contributed by atoms with van der Waals surface area (Å²) in [5.41, 5.74) is 6.27. The van der Waals surface area contributed by atoms with E-state index in [2.05, 4.69) is 47.8 Å². The second-order valence-corrected chi connectivity index (χ2v) is 5.10. The Kier molecular flexibility index (Phi) is 7.24. The summed E-state index contributed by atoms with van der Waals surface area (Å²) in [6.45, 7) is 14.3. The molecule has 0 saturated heterocycles. The van der Waals surface area contributed by atoms with E-state index in [9.17, 15) is 0 Å². The lowest BCUT2D eigenvalue weighted by Crippen LogP contribution is -1.97. The summed E-state index contributed by atoms with van der Waals surface area (Å²) in [6, 6.07) is 4.19. The highest BCUT2D eigenvalue weighted by molar-refractivity contribution is 5.95. The predicted octanol–water partition coefficient (Wildman–Crippen LogP) is 5.46. The zero-order valence-electron chi connectivity index (χ0n) is 14.4. The summed E-state index contributed by atoms with van der Waals surface area (Å²) in [6.07, 6.45) is 10.8. The van der Waals surface area contributed by atoms with Gasteiger partial charge in [-0.15, -0.1) is 0 Å². The van der Waals surface area contributed by atoms with Crippen LogP contribution in [0.3, 0.4) is 0 Å². The number of aliphatic imine (C=N–C) groups is 1. The molecule has 0 radical (unpaired) electrons. The van der Waals surface area contributed by atoms with Crippen LogP contribution in [-0.4, -0.2) is 10.7 Å². The van der Waals surface area contributed by atoms with Gasteiger partial charge in [0.25, 0.3) is 0 Å². The van der Waals surface area contributed by atoms with Crippen LogP contribution in [0.2, 0.25) is 0 Å². The van der Waals surface area contributed by atoms with Gasteiger partial charge in [0.2, 0.25) is 0 Å². The molecule has 1 rings (SSSR count). The fraction of sp³-hybridized carbons (Fsp3) is 0.300. The minimum atomic E-state index is 0.949. The highest BCUT2D eigenvalue weighted by Gasteiger charge is 2.07. The summed E-state index contributed by atoms with van der Waals surface area (Å²) < 4.78 is 0. The van der Waals surface area contributed by atoms with E-state index in [1.807, 2.05) is 39.8 Å². The maximum atomic E-state index is 4.62. The van der Waals surface area contributed by atoms with E-state index in [4.69, 9.17) is 0 Å². The van der Waals surface area contributed by atoms with Crippen molar-refractivity contribution in [3.05, 3.63) is 71.7 Å². The highest BCUT2D eigenvalue weighted by atomic mass is 14.7. The minimum absolute atomic E-state index is 0.949. The van der Waals surface area contributed by atoms with Gasteiger partial charge in [0.05, 0.1) is 0 Å². The number of nitrogens with zero attached hydrogens (tertiary/aromatic N) is 2. The number of hydrogen-bond acceptors (Lipinski definition) is 2. The van der Waals surface area contributed by atoms with Gasteiger partial charge in [-0.05, 0) is 57.4 Å². The van der Waals surface area contributed by atoms with Crippen LogP contribution in [0.4, 0.5) is 0 Å². The first-order chi connectivity index (χ1) is 10.5. The Morgan fingerprint density at radius 2 is 2.00 bits per heavy atom. The monoisotopic (exact) mass is 294 g/mol. The summed E-state index contributed by atoms with van der Waals surface area (Å²) in [5, 5.41) is 0. The summed E-state index contributed by atoms with van der Waals surface area (Å²) >= 11 is 0. The number of hydrogen-bond donors (Lipinski definition) is 0. The highest BCUT2D eigenvalue weighted by Crippen LogP contribution is 2.24. The van der Waals surface area contributed by atoms with Gasteiger partial charge in [-0.3, -0.25) is 9.98 Å². The molecule has 0 bridgehead atoms. The third-order valence-corrected chi connectivity index (χ3v) is 3.42. The maximum Gasteiger partial charge on any atom is 0.0454 e.